The molecule has 1 aliphatic carbocycles. The highest BCUT2D eigenvalue weighted by atomic mass is 32.1. The summed E-state index contributed by atoms with van der Waals surface area (Å²) in [7, 11) is 1.50. The first-order chi connectivity index (χ1) is 12.9. The number of thiocarbonyl (C=S) groups is 1. The number of amides is 2. The van der Waals surface area contributed by atoms with Gasteiger partial charge >= 0.3 is 0 Å². The van der Waals surface area contributed by atoms with Crippen LogP contribution in [0.25, 0.3) is 0 Å². The summed E-state index contributed by atoms with van der Waals surface area (Å²) in [5.41, 5.74) is 7.47. The zero-order valence-electron chi connectivity index (χ0n) is 15.1. The zero-order valence-corrected chi connectivity index (χ0v) is 16.8. The van der Waals surface area contributed by atoms with Crippen molar-refractivity contribution >= 4 is 45.5 Å². The van der Waals surface area contributed by atoms with Crippen LogP contribution >= 0.6 is 23.6 Å². The highest BCUT2D eigenvalue weighted by Gasteiger charge is 2.27. The van der Waals surface area contributed by atoms with Gasteiger partial charge in [-0.3, -0.25) is 14.9 Å². The minimum absolute atomic E-state index is 0.111. The topological polar surface area (TPSA) is 93.4 Å². The maximum atomic E-state index is 12.5. The summed E-state index contributed by atoms with van der Waals surface area (Å²) in [6.45, 7) is 2.19. The molecule has 3 rings (SSSR count). The third-order valence-corrected chi connectivity index (χ3v) is 5.94. The van der Waals surface area contributed by atoms with Gasteiger partial charge in [0.2, 0.25) is 0 Å². The molecule has 1 aromatic heterocycles. The summed E-state index contributed by atoms with van der Waals surface area (Å²) in [5, 5.41) is 6.31. The minimum Gasteiger partial charge on any atom is -0.496 e. The molecule has 8 heteroatoms. The van der Waals surface area contributed by atoms with Gasteiger partial charge in [0.05, 0.1) is 18.2 Å². The van der Waals surface area contributed by atoms with Gasteiger partial charge in [0.25, 0.3) is 11.8 Å². The summed E-state index contributed by atoms with van der Waals surface area (Å²) < 4.78 is 5.20. The first kappa shape index (κ1) is 19.3. The molecule has 27 heavy (non-hydrogen) atoms. The first-order valence-corrected chi connectivity index (χ1v) is 9.82. The van der Waals surface area contributed by atoms with Crippen molar-refractivity contribution in [2.45, 2.75) is 26.2 Å². The number of para-hydroxylation sites is 1. The number of carbonyl (C=O) groups excluding carboxylic acids is 2. The van der Waals surface area contributed by atoms with Gasteiger partial charge in [-0.25, -0.2) is 0 Å². The first-order valence-electron chi connectivity index (χ1n) is 8.60. The third-order valence-electron chi connectivity index (χ3n) is 4.56. The molecule has 0 spiro atoms. The monoisotopic (exact) mass is 403 g/mol. The van der Waals surface area contributed by atoms with Gasteiger partial charge in [-0.2, -0.15) is 0 Å². The molecule has 1 atom stereocenters. The highest BCUT2D eigenvalue weighted by Crippen LogP contribution is 2.39. The van der Waals surface area contributed by atoms with E-state index in [1.807, 2.05) is 0 Å². The van der Waals surface area contributed by atoms with E-state index in [0.29, 0.717) is 27.8 Å². The number of rotatable bonds is 4. The second kappa shape index (κ2) is 8.06. The number of nitrogens with two attached hydrogens (primary N) is 1. The molecule has 0 radical (unpaired) electrons. The quantitative estimate of drug-likeness (QED) is 0.682. The lowest BCUT2D eigenvalue weighted by Gasteiger charge is -2.18. The number of nitrogens with one attached hydrogen (secondary N) is 2. The molecule has 4 N–H and O–H groups in total. The molecule has 0 saturated carbocycles. The van der Waals surface area contributed by atoms with E-state index in [2.05, 4.69) is 17.6 Å². The fourth-order valence-corrected chi connectivity index (χ4v) is 4.92. The van der Waals surface area contributed by atoms with Crippen molar-refractivity contribution in [3.63, 3.8) is 0 Å². The van der Waals surface area contributed by atoms with Gasteiger partial charge < -0.3 is 15.8 Å². The summed E-state index contributed by atoms with van der Waals surface area (Å²) in [6.07, 6.45) is 2.77. The fourth-order valence-electron chi connectivity index (χ4n) is 3.24. The number of benzene rings is 1. The molecule has 6 nitrogen and oxygen atoms in total. The van der Waals surface area contributed by atoms with Crippen LogP contribution < -0.4 is 21.1 Å². The van der Waals surface area contributed by atoms with Crippen molar-refractivity contribution < 1.29 is 14.3 Å². The van der Waals surface area contributed by atoms with Crippen molar-refractivity contribution in [2.75, 3.05) is 12.4 Å². The summed E-state index contributed by atoms with van der Waals surface area (Å²) in [6, 6.07) is 6.87. The molecule has 142 valence electrons. The van der Waals surface area contributed by atoms with Gasteiger partial charge in [-0.05, 0) is 55.1 Å². The second-order valence-corrected chi connectivity index (χ2v) is 8.04. The van der Waals surface area contributed by atoms with Crippen LogP contribution in [0, 0.1) is 5.92 Å². The van der Waals surface area contributed by atoms with Crippen LogP contribution in [0.3, 0.4) is 0 Å². The SMILES string of the molecule is COc1ccccc1C(=O)NC(=S)Nc1sc2c(c1C(N)=O)CC[C@H](C)C2. The van der Waals surface area contributed by atoms with E-state index in [1.54, 1.807) is 24.3 Å². The summed E-state index contributed by atoms with van der Waals surface area (Å²) in [4.78, 5) is 25.6. The lowest BCUT2D eigenvalue weighted by molar-refractivity contribution is 0.0972. The van der Waals surface area contributed by atoms with Gasteiger partial charge in [0, 0.05) is 4.88 Å². The Morgan fingerprint density at radius 1 is 1.33 bits per heavy atom. The molecule has 0 fully saturated rings. The molecule has 0 aliphatic heterocycles. The number of primary amides is 1. The Bertz CT molecular complexity index is 908. The Balaban J connectivity index is 1.78. The molecule has 2 amide bonds. The van der Waals surface area contributed by atoms with Gasteiger partial charge in [-0.15, -0.1) is 11.3 Å². The maximum Gasteiger partial charge on any atom is 0.261 e. The Morgan fingerprint density at radius 2 is 2.07 bits per heavy atom. The van der Waals surface area contributed by atoms with Gasteiger partial charge in [-0.1, -0.05) is 19.1 Å². The fraction of sp³-hybridized carbons (Fsp3) is 0.316. The molecule has 0 unspecified atom stereocenters. The van der Waals surface area contributed by atoms with E-state index in [4.69, 9.17) is 22.7 Å². The van der Waals surface area contributed by atoms with Crippen molar-refractivity contribution in [1.29, 1.82) is 0 Å². The second-order valence-electron chi connectivity index (χ2n) is 6.53. The van der Waals surface area contributed by atoms with Gasteiger partial charge in [0.1, 0.15) is 10.8 Å². The van der Waals surface area contributed by atoms with Crippen LogP contribution in [-0.4, -0.2) is 24.0 Å². The van der Waals surface area contributed by atoms with Crippen molar-refractivity contribution in [1.82, 2.24) is 5.32 Å². The summed E-state index contributed by atoms with van der Waals surface area (Å²) in [5.74, 6) is 0.155. The molecule has 0 saturated heterocycles. The van der Waals surface area contributed by atoms with E-state index < -0.39 is 5.91 Å². The van der Waals surface area contributed by atoms with Crippen LogP contribution in [0.1, 0.15) is 44.5 Å². The highest BCUT2D eigenvalue weighted by molar-refractivity contribution is 7.80. The average molecular weight is 404 g/mol. The van der Waals surface area contributed by atoms with Crippen LogP contribution in [0.2, 0.25) is 0 Å². The predicted octanol–water partition coefficient (Wildman–Crippen LogP) is 3.11. The number of thiophene rings is 1. The van der Waals surface area contributed by atoms with Crippen LogP contribution in [0.5, 0.6) is 5.75 Å². The number of anilines is 1. The zero-order chi connectivity index (χ0) is 19.6. The predicted molar refractivity (Wildman–Crippen MR) is 111 cm³/mol. The van der Waals surface area contributed by atoms with E-state index in [0.717, 1.165) is 29.7 Å². The van der Waals surface area contributed by atoms with Crippen molar-refractivity contribution in [2.24, 2.45) is 11.7 Å². The average Bonchev–Trinajstić information content (AvgIpc) is 2.98. The van der Waals surface area contributed by atoms with Crippen molar-refractivity contribution in [3.8, 4) is 5.75 Å². The Hall–Kier alpha value is -2.45. The number of methoxy groups -OCH3 is 1. The molecule has 2 aromatic rings. The lowest BCUT2D eigenvalue weighted by atomic mass is 9.88. The Morgan fingerprint density at radius 3 is 2.78 bits per heavy atom. The molecular weight excluding hydrogens is 382 g/mol. The number of hydrogen-bond acceptors (Lipinski definition) is 5. The normalized spacial score (nSPS) is 15.6. The number of hydrogen-bond donors (Lipinski definition) is 3. The summed E-state index contributed by atoms with van der Waals surface area (Å²) >= 11 is 6.75. The van der Waals surface area contributed by atoms with E-state index >= 15 is 0 Å². The van der Waals surface area contributed by atoms with Crippen molar-refractivity contribution in [3.05, 3.63) is 45.8 Å². The maximum absolute atomic E-state index is 12.5. The van der Waals surface area contributed by atoms with E-state index in [1.165, 1.54) is 18.4 Å². The van der Waals surface area contributed by atoms with Crippen LogP contribution in [0.4, 0.5) is 5.00 Å². The standard InChI is InChI=1S/C19H21N3O3S2/c1-10-7-8-12-14(9-10)27-18(15(12)16(20)23)22-19(26)21-17(24)11-5-3-4-6-13(11)25-2/h3-6,10H,7-9H2,1-2H3,(H2,20,23)(H2,21,22,24,26)/t10-/m0/s1. The number of carbonyl (C=O) groups is 2. The Labute approximate surface area is 167 Å². The molecule has 1 heterocycles. The molecule has 1 aromatic carbocycles. The number of fused-ring (bicyclic) bond motifs is 1. The molecule has 0 bridgehead atoms. The smallest absolute Gasteiger partial charge is 0.261 e. The third kappa shape index (κ3) is 4.12. The van der Waals surface area contributed by atoms with Crippen LogP contribution in [-0.2, 0) is 12.8 Å². The molecular formula is C19H21N3O3S2. The number of ether oxygens (including phenoxy) is 1. The molecule has 1 aliphatic rings. The Kier molecular flexibility index (Phi) is 5.76. The van der Waals surface area contributed by atoms with E-state index in [-0.39, 0.29) is 11.0 Å². The van der Waals surface area contributed by atoms with E-state index in [9.17, 15) is 9.59 Å². The van der Waals surface area contributed by atoms with Crippen LogP contribution in [0.15, 0.2) is 24.3 Å². The van der Waals surface area contributed by atoms with Gasteiger partial charge in [0.15, 0.2) is 5.11 Å². The lowest BCUT2D eigenvalue weighted by Crippen LogP contribution is -2.34. The minimum atomic E-state index is -0.483. The largest absolute Gasteiger partial charge is 0.496 e.